The molecule has 0 saturated heterocycles. The number of ether oxygens (including phenoxy) is 3. The fraction of sp³-hybridized carbons (Fsp3) is 0.609. The van der Waals surface area contributed by atoms with Gasteiger partial charge in [0.25, 0.3) is 0 Å². The molecule has 4 heteroatoms. The number of carbonyl (C=O) groups is 1. The minimum atomic E-state index is -0.156. The summed E-state index contributed by atoms with van der Waals surface area (Å²) in [5.41, 5.74) is 1.40. The van der Waals surface area contributed by atoms with Gasteiger partial charge in [-0.05, 0) is 50.7 Å². The number of allylic oxidation sites excluding steroid dienone is 1. The molecule has 1 aliphatic rings. The number of hydrogen-bond donors (Lipinski definition) is 0. The summed E-state index contributed by atoms with van der Waals surface area (Å²) in [6.45, 7) is 14.0. The van der Waals surface area contributed by atoms with E-state index in [9.17, 15) is 4.79 Å². The SMILES string of the molecule is COc1ccccc1C1=C(C=O)C(C)C(CC(C)(C)COC(C)(C)C)CO1. The first-order chi connectivity index (χ1) is 12.6. The van der Waals surface area contributed by atoms with E-state index in [2.05, 4.69) is 41.5 Å². The molecule has 0 spiro atoms. The third-order valence-corrected chi connectivity index (χ3v) is 5.09. The third kappa shape index (κ3) is 5.58. The Bertz CT molecular complexity index is 682. The largest absolute Gasteiger partial charge is 0.496 e. The highest BCUT2D eigenvalue weighted by molar-refractivity contribution is 5.88. The number of carbonyl (C=O) groups excluding carboxylic acids is 1. The van der Waals surface area contributed by atoms with Gasteiger partial charge in [-0.15, -0.1) is 0 Å². The highest BCUT2D eigenvalue weighted by atomic mass is 16.5. The van der Waals surface area contributed by atoms with Crippen LogP contribution in [0.5, 0.6) is 5.75 Å². The fourth-order valence-corrected chi connectivity index (χ4v) is 3.52. The summed E-state index contributed by atoms with van der Waals surface area (Å²) < 4.78 is 17.6. The van der Waals surface area contributed by atoms with Gasteiger partial charge in [0, 0.05) is 11.5 Å². The average molecular weight is 375 g/mol. The lowest BCUT2D eigenvalue weighted by molar-refractivity contribution is -0.106. The molecule has 0 N–H and O–H groups in total. The van der Waals surface area contributed by atoms with Crippen molar-refractivity contribution in [3.63, 3.8) is 0 Å². The quantitative estimate of drug-likeness (QED) is 0.622. The van der Waals surface area contributed by atoms with Crippen molar-refractivity contribution in [1.29, 1.82) is 0 Å². The molecule has 1 aromatic carbocycles. The second-order valence-electron chi connectivity index (χ2n) is 9.23. The predicted octanol–water partition coefficient (Wildman–Crippen LogP) is 5.12. The maximum absolute atomic E-state index is 11.9. The molecular weight excluding hydrogens is 340 g/mol. The van der Waals surface area contributed by atoms with Gasteiger partial charge in [0.15, 0.2) is 0 Å². The molecule has 1 aromatic rings. The van der Waals surface area contributed by atoms with Crippen LogP contribution in [0.25, 0.3) is 5.76 Å². The topological polar surface area (TPSA) is 44.8 Å². The van der Waals surface area contributed by atoms with Gasteiger partial charge in [0.05, 0.1) is 31.5 Å². The van der Waals surface area contributed by atoms with Crippen LogP contribution >= 0.6 is 0 Å². The molecule has 1 heterocycles. The van der Waals surface area contributed by atoms with Crippen LogP contribution in [0.1, 0.15) is 53.5 Å². The molecule has 2 unspecified atom stereocenters. The first kappa shape index (κ1) is 21.5. The van der Waals surface area contributed by atoms with E-state index in [-0.39, 0.29) is 22.9 Å². The number of rotatable bonds is 7. The molecule has 0 radical (unpaired) electrons. The second kappa shape index (κ2) is 8.47. The van der Waals surface area contributed by atoms with Crippen molar-refractivity contribution in [2.75, 3.05) is 20.3 Å². The van der Waals surface area contributed by atoms with Crippen molar-refractivity contribution in [3.05, 3.63) is 35.4 Å². The molecule has 0 bridgehead atoms. The minimum absolute atomic E-state index is 0.00546. The van der Waals surface area contributed by atoms with Crippen molar-refractivity contribution in [1.82, 2.24) is 0 Å². The van der Waals surface area contributed by atoms with E-state index in [0.29, 0.717) is 24.5 Å². The van der Waals surface area contributed by atoms with Gasteiger partial charge in [-0.3, -0.25) is 4.79 Å². The highest BCUT2D eigenvalue weighted by Gasteiger charge is 2.35. The van der Waals surface area contributed by atoms with Crippen LogP contribution in [0.2, 0.25) is 0 Å². The molecule has 2 atom stereocenters. The Morgan fingerprint density at radius 1 is 1.19 bits per heavy atom. The summed E-state index contributed by atoms with van der Waals surface area (Å²) in [7, 11) is 1.63. The normalized spacial score (nSPS) is 21.0. The van der Waals surface area contributed by atoms with Crippen LogP contribution in [-0.2, 0) is 14.3 Å². The monoisotopic (exact) mass is 374 g/mol. The molecule has 0 saturated carbocycles. The summed E-state index contributed by atoms with van der Waals surface area (Å²) in [5.74, 6) is 1.75. The van der Waals surface area contributed by atoms with Crippen molar-refractivity contribution >= 4 is 12.0 Å². The first-order valence-electron chi connectivity index (χ1n) is 9.67. The number of benzene rings is 1. The van der Waals surface area contributed by atoms with E-state index in [4.69, 9.17) is 14.2 Å². The molecular formula is C23H34O4. The van der Waals surface area contributed by atoms with E-state index < -0.39 is 0 Å². The van der Waals surface area contributed by atoms with Crippen LogP contribution in [0.3, 0.4) is 0 Å². The fourth-order valence-electron chi connectivity index (χ4n) is 3.52. The highest BCUT2D eigenvalue weighted by Crippen LogP contribution is 2.41. The van der Waals surface area contributed by atoms with Gasteiger partial charge >= 0.3 is 0 Å². The maximum atomic E-state index is 11.9. The zero-order valence-corrected chi connectivity index (χ0v) is 17.8. The van der Waals surface area contributed by atoms with E-state index in [1.54, 1.807) is 7.11 Å². The Morgan fingerprint density at radius 2 is 1.85 bits per heavy atom. The molecule has 0 aliphatic carbocycles. The van der Waals surface area contributed by atoms with Crippen molar-refractivity contribution in [2.45, 2.75) is 53.6 Å². The maximum Gasteiger partial charge on any atom is 0.150 e. The average Bonchev–Trinajstić information content (AvgIpc) is 2.61. The standard InChI is InChI=1S/C23H34O4/c1-16-17(12-23(5,6)15-27-22(2,3)4)14-26-21(19(16)13-24)18-10-8-9-11-20(18)25-7/h8-11,13,16-17H,12,14-15H2,1-7H3. The third-order valence-electron chi connectivity index (χ3n) is 5.09. The van der Waals surface area contributed by atoms with E-state index in [1.165, 1.54) is 0 Å². The van der Waals surface area contributed by atoms with E-state index in [0.717, 1.165) is 24.0 Å². The number of para-hydroxylation sites is 1. The Hall–Kier alpha value is -1.81. The Labute approximate surface area is 163 Å². The molecule has 0 aromatic heterocycles. The molecule has 2 rings (SSSR count). The van der Waals surface area contributed by atoms with Gasteiger partial charge in [-0.1, -0.05) is 32.9 Å². The summed E-state index contributed by atoms with van der Waals surface area (Å²) in [6.07, 6.45) is 1.87. The first-order valence-corrected chi connectivity index (χ1v) is 9.67. The van der Waals surface area contributed by atoms with Gasteiger partial charge in [-0.25, -0.2) is 0 Å². The lowest BCUT2D eigenvalue weighted by Gasteiger charge is -2.38. The molecule has 27 heavy (non-hydrogen) atoms. The zero-order valence-electron chi connectivity index (χ0n) is 17.8. The molecule has 4 nitrogen and oxygen atoms in total. The van der Waals surface area contributed by atoms with Crippen LogP contribution in [0.15, 0.2) is 29.8 Å². The number of hydrogen-bond acceptors (Lipinski definition) is 4. The summed E-state index contributed by atoms with van der Waals surface area (Å²) in [6, 6.07) is 7.67. The van der Waals surface area contributed by atoms with E-state index in [1.807, 2.05) is 24.3 Å². The molecule has 150 valence electrons. The van der Waals surface area contributed by atoms with Crippen molar-refractivity contribution in [3.8, 4) is 5.75 Å². The Morgan fingerprint density at radius 3 is 2.44 bits per heavy atom. The smallest absolute Gasteiger partial charge is 0.150 e. The minimum Gasteiger partial charge on any atom is -0.496 e. The Balaban J connectivity index is 2.22. The zero-order chi connectivity index (χ0) is 20.2. The van der Waals surface area contributed by atoms with Crippen LogP contribution in [0, 0.1) is 17.3 Å². The lowest BCUT2D eigenvalue weighted by Crippen LogP contribution is -2.34. The van der Waals surface area contributed by atoms with Crippen molar-refractivity contribution in [2.24, 2.45) is 17.3 Å². The predicted molar refractivity (Wildman–Crippen MR) is 109 cm³/mol. The number of aldehydes is 1. The number of methoxy groups -OCH3 is 1. The second-order valence-corrected chi connectivity index (χ2v) is 9.23. The van der Waals surface area contributed by atoms with Gasteiger partial charge in [-0.2, -0.15) is 0 Å². The van der Waals surface area contributed by atoms with Gasteiger partial charge in [0.2, 0.25) is 0 Å². The van der Waals surface area contributed by atoms with Gasteiger partial charge < -0.3 is 14.2 Å². The van der Waals surface area contributed by atoms with E-state index >= 15 is 0 Å². The molecule has 0 fully saturated rings. The van der Waals surface area contributed by atoms with Crippen molar-refractivity contribution < 1.29 is 19.0 Å². The summed E-state index contributed by atoms with van der Waals surface area (Å²) in [4.78, 5) is 11.9. The summed E-state index contributed by atoms with van der Waals surface area (Å²) >= 11 is 0. The van der Waals surface area contributed by atoms with Crippen LogP contribution < -0.4 is 4.74 Å². The van der Waals surface area contributed by atoms with Crippen LogP contribution in [-0.4, -0.2) is 32.2 Å². The van der Waals surface area contributed by atoms with Crippen LogP contribution in [0.4, 0.5) is 0 Å². The lowest BCUT2D eigenvalue weighted by atomic mass is 9.75. The summed E-state index contributed by atoms with van der Waals surface area (Å²) in [5, 5.41) is 0. The van der Waals surface area contributed by atoms with Gasteiger partial charge in [0.1, 0.15) is 17.8 Å². The molecule has 0 amide bonds. The molecule has 1 aliphatic heterocycles. The Kier molecular flexibility index (Phi) is 6.74.